The normalized spacial score (nSPS) is 10.4. The number of halogens is 1. The maximum Gasteiger partial charge on any atom is 0.133 e. The highest BCUT2D eigenvalue weighted by atomic mass is 32.1. The van der Waals surface area contributed by atoms with Gasteiger partial charge in [-0.05, 0) is 17.7 Å². The molecule has 0 aliphatic carbocycles. The molecule has 0 amide bonds. The lowest BCUT2D eigenvalue weighted by molar-refractivity contribution is 0.630. The van der Waals surface area contributed by atoms with Crippen molar-refractivity contribution in [2.45, 2.75) is 6.54 Å². The van der Waals surface area contributed by atoms with Gasteiger partial charge in [-0.1, -0.05) is 6.07 Å². The lowest BCUT2D eigenvalue weighted by atomic mass is 10.1. The molecule has 0 unspecified atom stereocenters. The third-order valence-corrected chi connectivity index (χ3v) is 2.74. The van der Waals surface area contributed by atoms with E-state index >= 15 is 0 Å². The molecule has 0 aliphatic rings. The number of aromatic nitrogens is 1. The molecule has 14 heavy (non-hydrogen) atoms. The molecule has 0 spiro atoms. The van der Waals surface area contributed by atoms with Crippen molar-refractivity contribution in [2.24, 2.45) is 5.73 Å². The predicted molar refractivity (Wildman–Crippen MR) is 55.4 cm³/mol. The summed E-state index contributed by atoms with van der Waals surface area (Å²) in [6, 6.07) is 4.86. The molecule has 0 aliphatic heterocycles. The molecule has 72 valence electrons. The third-order valence-electron chi connectivity index (χ3n) is 1.93. The highest BCUT2D eigenvalue weighted by Crippen LogP contribution is 2.25. The zero-order chi connectivity index (χ0) is 9.97. The van der Waals surface area contributed by atoms with Crippen LogP contribution in [0.25, 0.3) is 10.6 Å². The average Bonchev–Trinajstić information content (AvgIpc) is 2.71. The van der Waals surface area contributed by atoms with Gasteiger partial charge < -0.3 is 5.73 Å². The highest BCUT2D eigenvalue weighted by Gasteiger charge is 2.07. The first-order valence-corrected chi connectivity index (χ1v) is 5.07. The molecule has 2 nitrogen and oxygen atoms in total. The van der Waals surface area contributed by atoms with Gasteiger partial charge in [0.15, 0.2) is 0 Å². The van der Waals surface area contributed by atoms with E-state index in [9.17, 15) is 4.39 Å². The summed E-state index contributed by atoms with van der Waals surface area (Å²) in [5.74, 6) is -0.253. The van der Waals surface area contributed by atoms with Crippen molar-refractivity contribution in [3.63, 3.8) is 0 Å². The molecule has 0 atom stereocenters. The molecule has 1 aromatic heterocycles. The van der Waals surface area contributed by atoms with Crippen molar-refractivity contribution in [1.82, 2.24) is 4.98 Å². The first-order chi connectivity index (χ1) is 6.81. The first kappa shape index (κ1) is 9.30. The van der Waals surface area contributed by atoms with Crippen LogP contribution in [0.4, 0.5) is 4.39 Å². The summed E-state index contributed by atoms with van der Waals surface area (Å²) in [5, 5.41) is 2.52. The van der Waals surface area contributed by atoms with Crippen LogP contribution in [0.3, 0.4) is 0 Å². The van der Waals surface area contributed by atoms with Crippen LogP contribution in [-0.2, 0) is 6.54 Å². The minimum absolute atomic E-state index is 0.253. The van der Waals surface area contributed by atoms with Crippen LogP contribution in [0.2, 0.25) is 0 Å². The molecule has 4 heteroatoms. The fraction of sp³-hybridized carbons (Fsp3) is 0.100. The average molecular weight is 208 g/mol. The smallest absolute Gasteiger partial charge is 0.133 e. The maximum atomic E-state index is 13.4. The van der Waals surface area contributed by atoms with Crippen molar-refractivity contribution in [2.75, 3.05) is 0 Å². The number of rotatable bonds is 2. The fourth-order valence-electron chi connectivity index (χ4n) is 1.22. The number of hydrogen-bond donors (Lipinski definition) is 1. The Hall–Kier alpha value is -1.26. The molecule has 2 aromatic rings. The van der Waals surface area contributed by atoms with Crippen molar-refractivity contribution in [3.8, 4) is 10.6 Å². The Morgan fingerprint density at radius 2 is 2.29 bits per heavy atom. The number of thiazole rings is 1. The van der Waals surface area contributed by atoms with E-state index in [0.29, 0.717) is 17.1 Å². The molecular formula is C10H9FN2S. The van der Waals surface area contributed by atoms with Gasteiger partial charge in [0.2, 0.25) is 0 Å². The number of nitrogens with zero attached hydrogens (tertiary/aromatic N) is 1. The number of nitrogens with two attached hydrogens (primary N) is 1. The van der Waals surface area contributed by atoms with E-state index in [-0.39, 0.29) is 5.82 Å². The van der Waals surface area contributed by atoms with E-state index in [2.05, 4.69) is 4.98 Å². The fourth-order valence-corrected chi connectivity index (χ4v) is 1.88. The van der Waals surface area contributed by atoms with Crippen molar-refractivity contribution in [3.05, 3.63) is 41.2 Å². The summed E-state index contributed by atoms with van der Waals surface area (Å²) in [4.78, 5) is 4.06. The largest absolute Gasteiger partial charge is 0.326 e. The minimum Gasteiger partial charge on any atom is -0.326 e. The van der Waals surface area contributed by atoms with Crippen LogP contribution < -0.4 is 5.73 Å². The number of benzene rings is 1. The van der Waals surface area contributed by atoms with E-state index in [1.54, 1.807) is 18.3 Å². The van der Waals surface area contributed by atoms with Crippen LogP contribution in [0.1, 0.15) is 5.56 Å². The van der Waals surface area contributed by atoms with Gasteiger partial charge in [-0.15, -0.1) is 11.3 Å². The third kappa shape index (κ3) is 1.66. The summed E-state index contributed by atoms with van der Waals surface area (Å²) in [5.41, 5.74) is 6.93. The Labute approximate surface area is 85.2 Å². The minimum atomic E-state index is -0.253. The van der Waals surface area contributed by atoms with Gasteiger partial charge in [-0.2, -0.15) is 0 Å². The molecule has 2 N–H and O–H groups in total. The Kier molecular flexibility index (Phi) is 2.56. The second-order valence-electron chi connectivity index (χ2n) is 2.86. The second kappa shape index (κ2) is 3.86. The van der Waals surface area contributed by atoms with Gasteiger partial charge in [-0.3, -0.25) is 0 Å². The molecule has 0 bridgehead atoms. The van der Waals surface area contributed by atoms with E-state index in [0.717, 1.165) is 5.56 Å². The van der Waals surface area contributed by atoms with Gasteiger partial charge in [-0.25, -0.2) is 9.37 Å². The standard InChI is InChI=1S/C10H9FN2S/c11-9-2-1-7(6-12)5-8(9)10-13-3-4-14-10/h1-5H,6,12H2. The van der Waals surface area contributed by atoms with Crippen molar-refractivity contribution in [1.29, 1.82) is 0 Å². The molecule has 0 radical (unpaired) electrons. The first-order valence-electron chi connectivity index (χ1n) is 4.19. The van der Waals surface area contributed by atoms with Gasteiger partial charge in [0, 0.05) is 23.7 Å². The van der Waals surface area contributed by atoms with Gasteiger partial charge >= 0.3 is 0 Å². The summed E-state index contributed by atoms with van der Waals surface area (Å²) >= 11 is 1.42. The quantitative estimate of drug-likeness (QED) is 0.823. The van der Waals surface area contributed by atoms with E-state index < -0.39 is 0 Å². The SMILES string of the molecule is NCc1ccc(F)c(-c2nccs2)c1. The second-order valence-corrected chi connectivity index (χ2v) is 3.75. The van der Waals surface area contributed by atoms with Crippen LogP contribution >= 0.6 is 11.3 Å². The molecule has 1 heterocycles. The van der Waals surface area contributed by atoms with E-state index in [4.69, 9.17) is 5.73 Å². The summed E-state index contributed by atoms with van der Waals surface area (Å²) in [6.07, 6.45) is 1.66. The zero-order valence-corrected chi connectivity index (χ0v) is 8.22. The zero-order valence-electron chi connectivity index (χ0n) is 7.40. The predicted octanol–water partition coefficient (Wildman–Crippen LogP) is 2.41. The Balaban J connectivity index is 2.51. The molecule has 0 saturated heterocycles. The summed E-state index contributed by atoms with van der Waals surface area (Å²) < 4.78 is 13.4. The Bertz CT molecular complexity index is 426. The van der Waals surface area contributed by atoms with Crippen LogP contribution in [0.15, 0.2) is 29.8 Å². The molecule has 0 saturated carbocycles. The lowest BCUT2D eigenvalue weighted by Gasteiger charge is -2.01. The van der Waals surface area contributed by atoms with Crippen molar-refractivity contribution >= 4 is 11.3 Å². The summed E-state index contributed by atoms with van der Waals surface area (Å²) in [7, 11) is 0. The van der Waals surface area contributed by atoms with Gasteiger partial charge in [0.05, 0.1) is 0 Å². The van der Waals surface area contributed by atoms with Gasteiger partial charge in [0.25, 0.3) is 0 Å². The van der Waals surface area contributed by atoms with Gasteiger partial charge in [0.1, 0.15) is 10.8 Å². The maximum absolute atomic E-state index is 13.4. The Morgan fingerprint density at radius 3 is 2.93 bits per heavy atom. The van der Waals surface area contributed by atoms with E-state index in [1.165, 1.54) is 17.4 Å². The molecular weight excluding hydrogens is 199 g/mol. The molecule has 0 fully saturated rings. The van der Waals surface area contributed by atoms with Crippen LogP contribution in [-0.4, -0.2) is 4.98 Å². The topological polar surface area (TPSA) is 38.9 Å². The van der Waals surface area contributed by atoms with Crippen molar-refractivity contribution < 1.29 is 4.39 Å². The number of hydrogen-bond acceptors (Lipinski definition) is 3. The van der Waals surface area contributed by atoms with Crippen LogP contribution in [0.5, 0.6) is 0 Å². The lowest BCUT2D eigenvalue weighted by Crippen LogP contribution is -1.97. The molecule has 1 aromatic carbocycles. The Morgan fingerprint density at radius 1 is 1.43 bits per heavy atom. The highest BCUT2D eigenvalue weighted by molar-refractivity contribution is 7.13. The monoisotopic (exact) mass is 208 g/mol. The molecule has 2 rings (SSSR count). The van der Waals surface area contributed by atoms with E-state index in [1.807, 2.05) is 5.38 Å². The summed E-state index contributed by atoms with van der Waals surface area (Å²) in [6.45, 7) is 0.415. The van der Waals surface area contributed by atoms with Crippen LogP contribution in [0, 0.1) is 5.82 Å².